The molecule has 14 heavy (non-hydrogen) atoms. The van der Waals surface area contributed by atoms with E-state index in [-0.39, 0.29) is 18.3 Å². The van der Waals surface area contributed by atoms with E-state index in [0.717, 1.165) is 5.56 Å². The Bertz CT molecular complexity index is 340. The Hall–Kier alpha value is -1.64. The van der Waals surface area contributed by atoms with Gasteiger partial charge >= 0.3 is 5.97 Å². The minimum atomic E-state index is -0.421. The van der Waals surface area contributed by atoms with E-state index in [2.05, 4.69) is 0 Å². The first-order chi connectivity index (χ1) is 6.75. The van der Waals surface area contributed by atoms with Crippen molar-refractivity contribution in [1.29, 1.82) is 0 Å². The maximum Gasteiger partial charge on any atom is 0.313 e. The molecule has 1 saturated heterocycles. The molecule has 1 aromatic rings. The third-order valence-electron chi connectivity index (χ3n) is 2.20. The second-order valence-electron chi connectivity index (χ2n) is 3.31. The topological polar surface area (TPSA) is 43.4 Å². The number of hydrogen-bond acceptors (Lipinski definition) is 3. The second-order valence-corrected chi connectivity index (χ2v) is 3.31. The van der Waals surface area contributed by atoms with Gasteiger partial charge in [-0.15, -0.1) is 0 Å². The molecule has 0 bridgehead atoms. The number of carbonyl (C=O) groups excluding carboxylic acids is 2. The van der Waals surface area contributed by atoms with E-state index in [1.807, 2.05) is 30.3 Å². The van der Waals surface area contributed by atoms with Crippen LogP contribution in [0.4, 0.5) is 0 Å². The fourth-order valence-corrected chi connectivity index (χ4v) is 1.54. The van der Waals surface area contributed by atoms with Crippen LogP contribution in [0.5, 0.6) is 0 Å². The minimum Gasteiger partial charge on any atom is -0.457 e. The first-order valence-electron chi connectivity index (χ1n) is 4.52. The van der Waals surface area contributed by atoms with Crippen molar-refractivity contribution in [1.82, 2.24) is 0 Å². The average molecular weight is 190 g/mol. The van der Waals surface area contributed by atoms with Crippen molar-refractivity contribution in [3.05, 3.63) is 35.9 Å². The molecule has 1 unspecified atom stereocenters. The zero-order chi connectivity index (χ0) is 9.97. The van der Waals surface area contributed by atoms with Gasteiger partial charge in [0.2, 0.25) is 0 Å². The standard InChI is InChI=1S/C11H10O3/c12-9-6-10(14-11(13)7-9)8-4-2-1-3-5-8/h1-5,10H,6-7H2. The first-order valence-corrected chi connectivity index (χ1v) is 4.52. The molecule has 0 aliphatic carbocycles. The quantitative estimate of drug-likeness (QED) is 0.499. The molecule has 0 aromatic heterocycles. The number of cyclic esters (lactones) is 1. The molecule has 1 aromatic carbocycles. The summed E-state index contributed by atoms with van der Waals surface area (Å²) in [4.78, 5) is 22.2. The Labute approximate surface area is 81.7 Å². The van der Waals surface area contributed by atoms with Crippen LogP contribution in [0.2, 0.25) is 0 Å². The van der Waals surface area contributed by atoms with E-state index in [9.17, 15) is 9.59 Å². The van der Waals surface area contributed by atoms with Crippen LogP contribution in [-0.4, -0.2) is 11.8 Å². The molecule has 1 atom stereocenters. The third kappa shape index (κ3) is 1.82. The lowest BCUT2D eigenvalue weighted by molar-refractivity contribution is -0.158. The maximum atomic E-state index is 11.2. The zero-order valence-electron chi connectivity index (χ0n) is 7.60. The molecule has 0 N–H and O–H groups in total. The summed E-state index contributed by atoms with van der Waals surface area (Å²) in [6, 6.07) is 9.33. The summed E-state index contributed by atoms with van der Waals surface area (Å²) in [7, 11) is 0. The van der Waals surface area contributed by atoms with Crippen molar-refractivity contribution < 1.29 is 14.3 Å². The van der Waals surface area contributed by atoms with Gasteiger partial charge < -0.3 is 4.74 Å². The van der Waals surface area contributed by atoms with E-state index in [4.69, 9.17) is 4.74 Å². The van der Waals surface area contributed by atoms with E-state index >= 15 is 0 Å². The van der Waals surface area contributed by atoms with Gasteiger partial charge in [-0.1, -0.05) is 30.3 Å². The lowest BCUT2D eigenvalue weighted by atomic mass is 10.0. The highest BCUT2D eigenvalue weighted by Crippen LogP contribution is 2.26. The van der Waals surface area contributed by atoms with Crippen LogP contribution in [0.3, 0.4) is 0 Å². The number of hydrogen-bond donors (Lipinski definition) is 0. The molecule has 0 saturated carbocycles. The van der Waals surface area contributed by atoms with Crippen LogP contribution < -0.4 is 0 Å². The summed E-state index contributed by atoms with van der Waals surface area (Å²) < 4.78 is 5.08. The van der Waals surface area contributed by atoms with Crippen LogP contribution in [-0.2, 0) is 14.3 Å². The van der Waals surface area contributed by atoms with E-state index < -0.39 is 5.97 Å². The van der Waals surface area contributed by atoms with E-state index in [1.54, 1.807) is 0 Å². The molecular weight excluding hydrogens is 180 g/mol. The van der Waals surface area contributed by atoms with Crippen LogP contribution in [0, 0.1) is 0 Å². The van der Waals surface area contributed by atoms with E-state index in [1.165, 1.54) is 0 Å². The summed E-state index contributed by atoms with van der Waals surface area (Å²) in [5, 5.41) is 0. The largest absolute Gasteiger partial charge is 0.457 e. The predicted molar refractivity (Wildman–Crippen MR) is 49.5 cm³/mol. The van der Waals surface area contributed by atoms with Gasteiger partial charge in [0.1, 0.15) is 18.3 Å². The molecule has 72 valence electrons. The molecule has 3 nitrogen and oxygen atoms in total. The highest BCUT2D eigenvalue weighted by atomic mass is 16.5. The number of Topliss-reactive ketones (excluding diaryl/α,β-unsaturated/α-hetero) is 1. The SMILES string of the molecule is O=C1CC(=O)OC(c2ccccc2)C1. The zero-order valence-corrected chi connectivity index (χ0v) is 7.60. The van der Waals surface area contributed by atoms with Crippen molar-refractivity contribution in [2.45, 2.75) is 18.9 Å². The summed E-state index contributed by atoms with van der Waals surface area (Å²) >= 11 is 0. The van der Waals surface area contributed by atoms with E-state index in [0.29, 0.717) is 6.42 Å². The summed E-state index contributed by atoms with van der Waals surface area (Å²) in [5.74, 6) is -0.467. The Morgan fingerprint density at radius 3 is 2.50 bits per heavy atom. The van der Waals surface area contributed by atoms with Gasteiger partial charge in [-0.2, -0.15) is 0 Å². The van der Waals surface area contributed by atoms with Gasteiger partial charge in [0, 0.05) is 6.42 Å². The average Bonchev–Trinajstić information content (AvgIpc) is 2.18. The number of esters is 1. The molecule has 1 aliphatic rings. The van der Waals surface area contributed by atoms with Crippen LogP contribution >= 0.6 is 0 Å². The normalized spacial score (nSPS) is 21.9. The monoisotopic (exact) mass is 190 g/mol. The Balaban J connectivity index is 2.19. The van der Waals surface area contributed by atoms with Crippen molar-refractivity contribution in [3.63, 3.8) is 0 Å². The highest BCUT2D eigenvalue weighted by Gasteiger charge is 2.27. The van der Waals surface area contributed by atoms with Crippen LogP contribution in [0.15, 0.2) is 30.3 Å². The van der Waals surface area contributed by atoms with Gasteiger partial charge in [0.15, 0.2) is 0 Å². The molecule has 1 aliphatic heterocycles. The number of rotatable bonds is 1. The highest BCUT2D eigenvalue weighted by molar-refractivity contribution is 5.97. The van der Waals surface area contributed by atoms with Crippen molar-refractivity contribution in [2.75, 3.05) is 0 Å². The first kappa shape index (κ1) is 8.94. The Morgan fingerprint density at radius 2 is 1.86 bits per heavy atom. The second kappa shape index (κ2) is 3.62. The molecule has 1 heterocycles. The molecule has 0 amide bonds. The Morgan fingerprint density at radius 1 is 1.14 bits per heavy atom. The van der Waals surface area contributed by atoms with Gasteiger partial charge in [0.05, 0.1) is 0 Å². The van der Waals surface area contributed by atoms with Gasteiger partial charge in [-0.3, -0.25) is 9.59 Å². The molecule has 0 radical (unpaired) electrons. The van der Waals surface area contributed by atoms with Crippen molar-refractivity contribution >= 4 is 11.8 Å². The Kier molecular flexibility index (Phi) is 2.31. The molecule has 3 heteroatoms. The maximum absolute atomic E-state index is 11.2. The molecule has 2 rings (SSSR count). The van der Waals surface area contributed by atoms with Crippen LogP contribution in [0.25, 0.3) is 0 Å². The molecular formula is C11H10O3. The van der Waals surface area contributed by atoms with Gasteiger partial charge in [-0.05, 0) is 5.56 Å². The summed E-state index contributed by atoms with van der Waals surface area (Å²) in [6.07, 6.45) is -0.163. The number of ketones is 1. The lowest BCUT2D eigenvalue weighted by Gasteiger charge is -2.21. The molecule has 0 spiro atoms. The predicted octanol–water partition coefficient (Wildman–Crippen LogP) is 1.63. The third-order valence-corrected chi connectivity index (χ3v) is 2.20. The van der Waals surface area contributed by atoms with Crippen LogP contribution in [0.1, 0.15) is 24.5 Å². The van der Waals surface area contributed by atoms with Gasteiger partial charge in [0.25, 0.3) is 0 Å². The minimum absolute atomic E-state index is 0.0462. The summed E-state index contributed by atoms with van der Waals surface area (Å²) in [6.45, 7) is 0. The molecule has 1 fully saturated rings. The number of benzene rings is 1. The fourth-order valence-electron chi connectivity index (χ4n) is 1.54. The lowest BCUT2D eigenvalue weighted by Crippen LogP contribution is -2.23. The van der Waals surface area contributed by atoms with Crippen molar-refractivity contribution in [2.24, 2.45) is 0 Å². The van der Waals surface area contributed by atoms with Gasteiger partial charge in [-0.25, -0.2) is 0 Å². The number of ether oxygens (including phenoxy) is 1. The smallest absolute Gasteiger partial charge is 0.313 e. The number of carbonyl (C=O) groups is 2. The fraction of sp³-hybridized carbons (Fsp3) is 0.273. The van der Waals surface area contributed by atoms with Crippen molar-refractivity contribution in [3.8, 4) is 0 Å². The summed E-state index contributed by atoms with van der Waals surface area (Å²) in [5.41, 5.74) is 0.883.